The molecule has 1 aliphatic heterocycles. The molecule has 0 spiro atoms. The van der Waals surface area contributed by atoms with Crippen LogP contribution in [0.5, 0.6) is 0 Å². The number of allylic oxidation sites excluding steroid dienone is 2. The predicted molar refractivity (Wildman–Crippen MR) is 170 cm³/mol. The first kappa shape index (κ1) is 22.5. The van der Waals surface area contributed by atoms with Crippen molar-refractivity contribution >= 4 is 54.9 Å². The van der Waals surface area contributed by atoms with Crippen LogP contribution < -0.4 is 10.5 Å². The van der Waals surface area contributed by atoms with E-state index in [4.69, 9.17) is 0 Å². The summed E-state index contributed by atoms with van der Waals surface area (Å²) in [5.74, 6) is 0.149. The summed E-state index contributed by atoms with van der Waals surface area (Å²) in [5.41, 5.74) is 7.57. The molecule has 3 heterocycles. The smallest absolute Gasteiger partial charge is 0.257 e. The third-order valence-electron chi connectivity index (χ3n) is 8.86. The molecular formula is C37H25N3O. The standard InChI is InChI=1S/C37H25N3O/c41-37-35-25(19-21-31-33(35)27-15-7-9-17-29(27)39(31)23-11-3-1-4-12-23)26-20-22-32-34(36(26)38-37)28-16-8-10-18-30(28)40(32)24-13-5-2-6-14-24/h1-22,28,30H,(H,38,41). The summed E-state index contributed by atoms with van der Waals surface area (Å²) in [6, 6.07) is 38.2. The Labute approximate surface area is 236 Å². The molecule has 4 heteroatoms. The molecule has 2 atom stereocenters. The largest absolute Gasteiger partial charge is 0.333 e. The molecule has 41 heavy (non-hydrogen) atoms. The monoisotopic (exact) mass is 527 g/mol. The first-order valence-corrected chi connectivity index (χ1v) is 14.1. The number of hydrogen-bond acceptors (Lipinski definition) is 2. The zero-order valence-electron chi connectivity index (χ0n) is 22.2. The van der Waals surface area contributed by atoms with Crippen molar-refractivity contribution in [2.45, 2.75) is 12.0 Å². The fourth-order valence-corrected chi connectivity index (χ4v) is 7.24. The van der Waals surface area contributed by atoms with Gasteiger partial charge >= 0.3 is 0 Å². The molecule has 4 nitrogen and oxygen atoms in total. The van der Waals surface area contributed by atoms with Gasteiger partial charge in [0.25, 0.3) is 5.56 Å². The molecule has 0 saturated carbocycles. The maximum atomic E-state index is 14.2. The van der Waals surface area contributed by atoms with E-state index in [0.29, 0.717) is 0 Å². The molecule has 0 bridgehead atoms. The molecule has 2 aliphatic rings. The Bertz CT molecular complexity index is 2290. The molecule has 2 aromatic heterocycles. The molecule has 5 aromatic carbocycles. The van der Waals surface area contributed by atoms with E-state index in [1.165, 1.54) is 5.56 Å². The summed E-state index contributed by atoms with van der Waals surface area (Å²) in [4.78, 5) is 20.0. The fraction of sp³-hybridized carbons (Fsp3) is 0.0541. The number of nitrogens with one attached hydrogen (secondary N) is 1. The van der Waals surface area contributed by atoms with Gasteiger partial charge in [-0.05, 0) is 47.9 Å². The van der Waals surface area contributed by atoms with Crippen LogP contribution in [-0.2, 0) is 0 Å². The lowest BCUT2D eigenvalue weighted by molar-refractivity contribution is 0.746. The summed E-state index contributed by atoms with van der Waals surface area (Å²) >= 11 is 0. The quantitative estimate of drug-likeness (QED) is 0.229. The second-order valence-electron chi connectivity index (χ2n) is 10.9. The van der Waals surface area contributed by atoms with Gasteiger partial charge in [-0.15, -0.1) is 0 Å². The van der Waals surface area contributed by atoms with Gasteiger partial charge in [0.15, 0.2) is 0 Å². The van der Waals surface area contributed by atoms with Crippen LogP contribution in [0.3, 0.4) is 0 Å². The second kappa shape index (κ2) is 8.33. The number of rotatable bonds is 2. The van der Waals surface area contributed by atoms with Gasteiger partial charge in [-0.3, -0.25) is 4.79 Å². The number of para-hydroxylation sites is 3. The Balaban J connectivity index is 1.38. The van der Waals surface area contributed by atoms with Gasteiger partial charge in [-0.1, -0.05) is 91.0 Å². The number of anilines is 2. The number of hydrogen-bond donors (Lipinski definition) is 1. The summed E-state index contributed by atoms with van der Waals surface area (Å²) in [5, 5.41) is 4.89. The molecule has 9 rings (SSSR count). The lowest BCUT2D eigenvalue weighted by atomic mass is 9.89. The molecular weight excluding hydrogens is 502 g/mol. The average Bonchev–Trinajstić information content (AvgIpc) is 3.55. The number of benzene rings is 5. The number of nitrogens with zero attached hydrogens (tertiary/aromatic N) is 2. The van der Waals surface area contributed by atoms with Gasteiger partial charge in [0.2, 0.25) is 0 Å². The van der Waals surface area contributed by atoms with Gasteiger partial charge in [0.05, 0.1) is 28.0 Å². The Hall–Kier alpha value is -5.35. The van der Waals surface area contributed by atoms with Gasteiger partial charge in [-0.2, -0.15) is 0 Å². The minimum Gasteiger partial charge on any atom is -0.333 e. The van der Waals surface area contributed by atoms with E-state index in [1.54, 1.807) is 0 Å². The second-order valence-corrected chi connectivity index (χ2v) is 10.9. The topological polar surface area (TPSA) is 41.0 Å². The summed E-state index contributed by atoms with van der Waals surface area (Å²) in [6.07, 6.45) is 8.79. The lowest BCUT2D eigenvalue weighted by Crippen LogP contribution is -2.28. The zero-order chi connectivity index (χ0) is 27.1. The minimum absolute atomic E-state index is 0.0486. The van der Waals surface area contributed by atoms with E-state index < -0.39 is 0 Å². The highest BCUT2D eigenvalue weighted by atomic mass is 16.1. The maximum absolute atomic E-state index is 14.2. The zero-order valence-corrected chi connectivity index (χ0v) is 22.2. The van der Waals surface area contributed by atoms with E-state index in [0.717, 1.165) is 60.5 Å². The first-order valence-electron chi connectivity index (χ1n) is 14.1. The third kappa shape index (κ3) is 3.02. The molecule has 0 fully saturated rings. The Morgan fingerprint density at radius 3 is 2.12 bits per heavy atom. The Morgan fingerprint density at radius 1 is 0.585 bits per heavy atom. The Morgan fingerprint density at radius 2 is 1.29 bits per heavy atom. The molecule has 0 radical (unpaired) electrons. The average molecular weight is 528 g/mol. The van der Waals surface area contributed by atoms with Crippen LogP contribution in [0.1, 0.15) is 11.5 Å². The van der Waals surface area contributed by atoms with Crippen molar-refractivity contribution in [2.75, 3.05) is 4.90 Å². The first-order chi connectivity index (χ1) is 20.3. The molecule has 1 aliphatic carbocycles. The van der Waals surface area contributed by atoms with Crippen LogP contribution >= 0.6 is 0 Å². The van der Waals surface area contributed by atoms with Crippen molar-refractivity contribution in [1.82, 2.24) is 9.55 Å². The van der Waals surface area contributed by atoms with Gasteiger partial charge in [-0.25, -0.2) is 0 Å². The van der Waals surface area contributed by atoms with Gasteiger partial charge in [0.1, 0.15) is 0 Å². The fourth-order valence-electron chi connectivity index (χ4n) is 7.24. The number of aromatic nitrogens is 2. The van der Waals surface area contributed by atoms with Crippen LogP contribution in [0.2, 0.25) is 0 Å². The SMILES string of the molecule is O=c1[nH]c2c3c(ccc2c2ccc4c(c5ccccc5n4-c4ccccc4)c12)N(c1ccccc1)C1C=CC=CC31. The van der Waals surface area contributed by atoms with Gasteiger partial charge < -0.3 is 14.5 Å². The molecule has 7 aromatic rings. The van der Waals surface area contributed by atoms with E-state index in [2.05, 4.69) is 136 Å². The molecule has 194 valence electrons. The van der Waals surface area contributed by atoms with Crippen LogP contribution in [-0.4, -0.2) is 15.6 Å². The predicted octanol–water partition coefficient (Wildman–Crippen LogP) is 8.51. The highest BCUT2D eigenvalue weighted by molar-refractivity contribution is 6.25. The van der Waals surface area contributed by atoms with Crippen LogP contribution in [0, 0.1) is 0 Å². The number of aromatic amines is 1. The number of H-pyrrole nitrogens is 1. The number of fused-ring (bicyclic) bond motifs is 11. The van der Waals surface area contributed by atoms with E-state index in [1.807, 2.05) is 12.1 Å². The van der Waals surface area contributed by atoms with E-state index >= 15 is 0 Å². The molecule has 2 unspecified atom stereocenters. The summed E-state index contributed by atoms with van der Waals surface area (Å²) in [7, 11) is 0. The number of pyridine rings is 1. The van der Waals surface area contributed by atoms with Gasteiger partial charge in [0, 0.05) is 44.7 Å². The van der Waals surface area contributed by atoms with Crippen LogP contribution in [0.4, 0.5) is 11.4 Å². The third-order valence-corrected chi connectivity index (χ3v) is 8.86. The molecule has 1 N–H and O–H groups in total. The summed E-state index contributed by atoms with van der Waals surface area (Å²) < 4.78 is 2.26. The molecule has 0 saturated heterocycles. The van der Waals surface area contributed by atoms with Crippen LogP contribution in [0.25, 0.3) is 49.2 Å². The highest BCUT2D eigenvalue weighted by Gasteiger charge is 2.39. The maximum Gasteiger partial charge on any atom is 0.257 e. The van der Waals surface area contributed by atoms with Crippen LogP contribution in [0.15, 0.2) is 138 Å². The van der Waals surface area contributed by atoms with E-state index in [-0.39, 0.29) is 17.5 Å². The highest BCUT2D eigenvalue weighted by Crippen LogP contribution is 2.50. The van der Waals surface area contributed by atoms with Crippen molar-refractivity contribution in [3.8, 4) is 5.69 Å². The Kier molecular flexibility index (Phi) is 4.56. The normalized spacial score (nSPS) is 17.6. The van der Waals surface area contributed by atoms with Crippen molar-refractivity contribution in [2.24, 2.45) is 0 Å². The minimum atomic E-state index is -0.0486. The summed E-state index contributed by atoms with van der Waals surface area (Å²) in [6.45, 7) is 0. The van der Waals surface area contributed by atoms with Crippen molar-refractivity contribution < 1.29 is 0 Å². The molecule has 0 amide bonds. The van der Waals surface area contributed by atoms with Crippen molar-refractivity contribution in [3.63, 3.8) is 0 Å². The van der Waals surface area contributed by atoms with Crippen molar-refractivity contribution in [3.05, 3.63) is 149 Å². The van der Waals surface area contributed by atoms with Crippen molar-refractivity contribution in [1.29, 1.82) is 0 Å². The van der Waals surface area contributed by atoms with E-state index in [9.17, 15) is 4.79 Å². The lowest BCUT2D eigenvalue weighted by Gasteiger charge is -2.28.